The van der Waals surface area contributed by atoms with Crippen molar-refractivity contribution in [2.75, 3.05) is 20.2 Å². The average Bonchev–Trinajstić information content (AvgIpc) is 2.15. The maximum atomic E-state index is 11.6. The highest BCUT2D eigenvalue weighted by atomic mass is 16.5. The lowest BCUT2D eigenvalue weighted by Crippen LogP contribution is -2.43. The van der Waals surface area contributed by atoms with Gasteiger partial charge in [-0.1, -0.05) is 0 Å². The fourth-order valence-corrected chi connectivity index (χ4v) is 1.16. The van der Waals surface area contributed by atoms with Gasteiger partial charge >= 0.3 is 12.0 Å². The number of carbonyl (C=O) groups is 2. The van der Waals surface area contributed by atoms with E-state index in [0.29, 0.717) is 13.2 Å². The van der Waals surface area contributed by atoms with Gasteiger partial charge in [0.15, 0.2) is 0 Å². The minimum absolute atomic E-state index is 0.0813. The van der Waals surface area contributed by atoms with Crippen LogP contribution in [0.4, 0.5) is 4.79 Å². The second kappa shape index (κ2) is 7.89. The van der Waals surface area contributed by atoms with E-state index in [-0.39, 0.29) is 24.6 Å². The van der Waals surface area contributed by atoms with Crippen molar-refractivity contribution in [3.05, 3.63) is 0 Å². The number of likely N-dealkylation sites (N-methyl/N-ethyl adjacent to an activating group) is 1. The fourth-order valence-electron chi connectivity index (χ4n) is 1.16. The number of carbonyl (C=O) groups excluding carboxylic acids is 1. The molecule has 0 heterocycles. The Morgan fingerprint density at radius 3 is 2.41 bits per heavy atom. The summed E-state index contributed by atoms with van der Waals surface area (Å²) in [5, 5.41) is 11.2. The van der Waals surface area contributed by atoms with E-state index >= 15 is 0 Å². The number of carboxylic acids is 1. The van der Waals surface area contributed by atoms with Crippen LogP contribution in [0.5, 0.6) is 0 Å². The van der Waals surface area contributed by atoms with E-state index in [0.717, 1.165) is 0 Å². The second-order valence-electron chi connectivity index (χ2n) is 4.29. The molecule has 17 heavy (non-hydrogen) atoms. The second-order valence-corrected chi connectivity index (χ2v) is 4.29. The standard InChI is InChI=1S/C11H22N2O4/c1-8(2)17-6-5-13(4)11(16)12-9(3)7-10(14)15/h8-9H,5-7H2,1-4H3,(H,12,16)(H,14,15). The zero-order valence-corrected chi connectivity index (χ0v) is 10.9. The minimum atomic E-state index is -0.927. The Hall–Kier alpha value is -1.30. The van der Waals surface area contributed by atoms with Crippen molar-refractivity contribution in [2.24, 2.45) is 0 Å². The van der Waals surface area contributed by atoms with Crippen LogP contribution in [0.15, 0.2) is 0 Å². The molecule has 0 aliphatic rings. The summed E-state index contributed by atoms with van der Waals surface area (Å²) in [6.45, 7) is 6.45. The Balaban J connectivity index is 3.84. The first kappa shape index (κ1) is 15.7. The van der Waals surface area contributed by atoms with Gasteiger partial charge in [0.05, 0.1) is 19.1 Å². The van der Waals surface area contributed by atoms with Crippen LogP contribution in [0.25, 0.3) is 0 Å². The third-order valence-electron chi connectivity index (χ3n) is 2.08. The number of carboxylic acid groups (broad SMARTS) is 1. The van der Waals surface area contributed by atoms with Crippen molar-refractivity contribution < 1.29 is 19.4 Å². The van der Waals surface area contributed by atoms with Crippen LogP contribution in [0, 0.1) is 0 Å². The molecule has 0 radical (unpaired) electrons. The molecule has 0 aromatic carbocycles. The lowest BCUT2D eigenvalue weighted by atomic mass is 10.2. The summed E-state index contributed by atoms with van der Waals surface area (Å²) in [5.41, 5.74) is 0. The van der Waals surface area contributed by atoms with Crippen LogP contribution in [0.3, 0.4) is 0 Å². The molecule has 0 rings (SSSR count). The van der Waals surface area contributed by atoms with Crippen molar-refractivity contribution in [1.29, 1.82) is 0 Å². The maximum Gasteiger partial charge on any atom is 0.317 e. The van der Waals surface area contributed by atoms with Crippen LogP contribution < -0.4 is 5.32 Å². The number of hydrogen-bond donors (Lipinski definition) is 2. The van der Waals surface area contributed by atoms with Crippen molar-refractivity contribution in [3.63, 3.8) is 0 Å². The molecule has 0 saturated heterocycles. The zero-order valence-electron chi connectivity index (χ0n) is 10.9. The first-order valence-corrected chi connectivity index (χ1v) is 5.68. The molecule has 0 aromatic rings. The van der Waals surface area contributed by atoms with Gasteiger partial charge in [0.25, 0.3) is 0 Å². The molecule has 0 saturated carbocycles. The van der Waals surface area contributed by atoms with Crippen molar-refractivity contribution in [3.8, 4) is 0 Å². The molecule has 0 bridgehead atoms. The molecule has 6 nitrogen and oxygen atoms in total. The van der Waals surface area contributed by atoms with Crippen LogP contribution in [-0.4, -0.2) is 54.4 Å². The predicted molar refractivity (Wildman–Crippen MR) is 64.0 cm³/mol. The van der Waals surface area contributed by atoms with Gasteiger partial charge in [-0.15, -0.1) is 0 Å². The van der Waals surface area contributed by atoms with E-state index in [1.807, 2.05) is 13.8 Å². The Bertz CT molecular complexity index is 256. The normalized spacial score (nSPS) is 12.3. The number of nitrogens with zero attached hydrogens (tertiary/aromatic N) is 1. The molecule has 0 aliphatic carbocycles. The number of nitrogens with one attached hydrogen (secondary N) is 1. The molecule has 0 aromatic heterocycles. The number of ether oxygens (including phenoxy) is 1. The van der Waals surface area contributed by atoms with E-state index in [2.05, 4.69) is 5.32 Å². The van der Waals surface area contributed by atoms with Gasteiger partial charge in [0.1, 0.15) is 0 Å². The van der Waals surface area contributed by atoms with Gasteiger partial charge in [0, 0.05) is 19.6 Å². The first-order valence-electron chi connectivity index (χ1n) is 5.68. The van der Waals surface area contributed by atoms with Crippen LogP contribution in [0.1, 0.15) is 27.2 Å². The lowest BCUT2D eigenvalue weighted by Gasteiger charge is -2.21. The topological polar surface area (TPSA) is 78.9 Å². The predicted octanol–water partition coefficient (Wildman–Crippen LogP) is 0.916. The molecule has 1 unspecified atom stereocenters. The van der Waals surface area contributed by atoms with Crippen molar-refractivity contribution in [2.45, 2.75) is 39.3 Å². The highest BCUT2D eigenvalue weighted by Gasteiger charge is 2.13. The highest BCUT2D eigenvalue weighted by Crippen LogP contribution is 1.94. The third kappa shape index (κ3) is 8.50. The van der Waals surface area contributed by atoms with Gasteiger partial charge in [-0.3, -0.25) is 4.79 Å². The van der Waals surface area contributed by atoms with Crippen LogP contribution >= 0.6 is 0 Å². The van der Waals surface area contributed by atoms with Crippen molar-refractivity contribution >= 4 is 12.0 Å². The number of aliphatic carboxylic acids is 1. The Kier molecular flexibility index (Phi) is 7.29. The largest absolute Gasteiger partial charge is 0.481 e. The maximum absolute atomic E-state index is 11.6. The Morgan fingerprint density at radius 2 is 1.94 bits per heavy atom. The number of rotatable bonds is 7. The summed E-state index contributed by atoms with van der Waals surface area (Å²) in [4.78, 5) is 23.5. The first-order chi connectivity index (χ1) is 7.82. The molecule has 0 aliphatic heterocycles. The smallest absolute Gasteiger partial charge is 0.317 e. The SMILES string of the molecule is CC(CC(=O)O)NC(=O)N(C)CCOC(C)C. The summed E-state index contributed by atoms with van der Waals surface area (Å²) >= 11 is 0. The molecule has 6 heteroatoms. The van der Waals surface area contributed by atoms with Gasteiger partial charge in [0.2, 0.25) is 0 Å². The molecule has 0 fully saturated rings. The average molecular weight is 246 g/mol. The summed E-state index contributed by atoms with van der Waals surface area (Å²) in [5.74, 6) is -0.927. The highest BCUT2D eigenvalue weighted by molar-refractivity contribution is 5.75. The number of hydrogen-bond acceptors (Lipinski definition) is 3. The minimum Gasteiger partial charge on any atom is -0.481 e. The van der Waals surface area contributed by atoms with E-state index in [1.165, 1.54) is 4.90 Å². The molecule has 2 N–H and O–H groups in total. The molecule has 0 spiro atoms. The van der Waals surface area contributed by atoms with Gasteiger partial charge in [-0.05, 0) is 20.8 Å². The van der Waals surface area contributed by atoms with E-state index in [1.54, 1.807) is 14.0 Å². The number of urea groups is 1. The van der Waals surface area contributed by atoms with Crippen LogP contribution in [0.2, 0.25) is 0 Å². The fraction of sp³-hybridized carbons (Fsp3) is 0.818. The van der Waals surface area contributed by atoms with E-state index in [4.69, 9.17) is 9.84 Å². The Labute approximate surface area is 102 Å². The van der Waals surface area contributed by atoms with Gasteiger partial charge in [-0.2, -0.15) is 0 Å². The monoisotopic (exact) mass is 246 g/mol. The van der Waals surface area contributed by atoms with Crippen molar-refractivity contribution in [1.82, 2.24) is 10.2 Å². The third-order valence-corrected chi connectivity index (χ3v) is 2.08. The Morgan fingerprint density at radius 1 is 1.35 bits per heavy atom. The summed E-state index contributed by atoms with van der Waals surface area (Å²) in [6, 6.07) is -0.667. The lowest BCUT2D eigenvalue weighted by molar-refractivity contribution is -0.137. The summed E-state index contributed by atoms with van der Waals surface area (Å²) in [7, 11) is 1.65. The molecule has 2 amide bonds. The van der Waals surface area contributed by atoms with Gasteiger partial charge < -0.3 is 20.1 Å². The summed E-state index contributed by atoms with van der Waals surface area (Å²) in [6.07, 6.45) is 0.0552. The molecule has 100 valence electrons. The van der Waals surface area contributed by atoms with Gasteiger partial charge in [-0.25, -0.2) is 4.79 Å². The molecule has 1 atom stereocenters. The summed E-state index contributed by atoms with van der Waals surface area (Å²) < 4.78 is 5.32. The number of amides is 2. The molecular formula is C11H22N2O4. The zero-order chi connectivity index (χ0) is 13.4. The van der Waals surface area contributed by atoms with E-state index in [9.17, 15) is 9.59 Å². The molecular weight excluding hydrogens is 224 g/mol. The van der Waals surface area contributed by atoms with E-state index < -0.39 is 5.97 Å². The quantitative estimate of drug-likeness (QED) is 0.700. The van der Waals surface area contributed by atoms with Crippen LogP contribution in [-0.2, 0) is 9.53 Å².